The Kier molecular flexibility index (Phi) is 6.55. The van der Waals surface area contributed by atoms with Crippen LogP contribution in [-0.4, -0.2) is 56.9 Å². The molecule has 0 spiro atoms. The van der Waals surface area contributed by atoms with Crippen molar-refractivity contribution < 1.29 is 22.8 Å². The van der Waals surface area contributed by atoms with Gasteiger partial charge in [-0.05, 0) is 49.2 Å². The minimum Gasteiger partial charge on any atom is -0.485 e. The average molecular weight is 535 g/mol. The Morgan fingerprint density at radius 1 is 1.13 bits per heavy atom. The maximum absolute atomic E-state index is 14.2. The Labute approximate surface area is 220 Å². The van der Waals surface area contributed by atoms with Gasteiger partial charge in [0.05, 0.1) is 44.2 Å². The van der Waals surface area contributed by atoms with Crippen LogP contribution in [0.5, 0.6) is 5.75 Å². The van der Waals surface area contributed by atoms with Crippen LogP contribution in [0, 0.1) is 12.7 Å². The maximum atomic E-state index is 14.2. The van der Waals surface area contributed by atoms with Gasteiger partial charge in [0.25, 0.3) is 0 Å². The molecule has 0 saturated carbocycles. The first-order chi connectivity index (χ1) is 18.4. The molecule has 0 radical (unpaired) electrons. The summed E-state index contributed by atoms with van der Waals surface area (Å²) < 4.78 is 49.9. The van der Waals surface area contributed by atoms with Crippen LogP contribution in [0.1, 0.15) is 23.2 Å². The number of nitrogens with zero attached hydrogens (tertiary/aromatic N) is 4. The smallest absolute Gasteiger partial charge is 0.150 e. The molecule has 8 nitrogen and oxygen atoms in total. The largest absolute Gasteiger partial charge is 0.485 e. The molecule has 0 aliphatic carbocycles. The fraction of sp³-hybridized carbons (Fsp3) is 0.321. The molecule has 0 amide bonds. The lowest BCUT2D eigenvalue weighted by Gasteiger charge is -2.20. The van der Waals surface area contributed by atoms with Crippen molar-refractivity contribution in [2.24, 2.45) is 4.36 Å². The molecule has 0 N–H and O–H groups in total. The Morgan fingerprint density at radius 3 is 2.82 bits per heavy atom. The number of aromatic nitrogens is 3. The third-order valence-corrected chi connectivity index (χ3v) is 8.66. The van der Waals surface area contributed by atoms with Gasteiger partial charge in [0.2, 0.25) is 0 Å². The summed E-state index contributed by atoms with van der Waals surface area (Å²) in [7, 11) is -2.67. The van der Waals surface area contributed by atoms with Gasteiger partial charge in [0.1, 0.15) is 24.0 Å². The summed E-state index contributed by atoms with van der Waals surface area (Å²) in [4.78, 5) is 13.6. The van der Waals surface area contributed by atoms with E-state index in [1.54, 1.807) is 36.8 Å². The maximum Gasteiger partial charge on any atom is 0.150 e. The van der Waals surface area contributed by atoms with Crippen molar-refractivity contribution >= 4 is 26.3 Å². The Hall–Kier alpha value is -3.47. The molecule has 10 heteroatoms. The van der Waals surface area contributed by atoms with Gasteiger partial charge < -0.3 is 14.2 Å². The van der Waals surface area contributed by atoms with Crippen LogP contribution in [0.25, 0.3) is 10.9 Å². The quantitative estimate of drug-likeness (QED) is 0.351. The van der Waals surface area contributed by atoms with Crippen molar-refractivity contribution in [3.63, 3.8) is 0 Å². The first-order valence-corrected chi connectivity index (χ1v) is 14.3. The zero-order chi connectivity index (χ0) is 26.3. The van der Waals surface area contributed by atoms with E-state index >= 15 is 0 Å². The fourth-order valence-electron chi connectivity index (χ4n) is 5.14. The van der Waals surface area contributed by atoms with Gasteiger partial charge in [-0.1, -0.05) is 6.07 Å². The number of ether oxygens (including phenoxy) is 3. The third-order valence-electron chi connectivity index (χ3n) is 6.95. The van der Waals surface area contributed by atoms with E-state index in [1.165, 1.54) is 18.5 Å². The molecule has 1 unspecified atom stereocenters. The second kappa shape index (κ2) is 10.0. The molecule has 38 heavy (non-hydrogen) atoms. The molecule has 196 valence electrons. The second-order valence-corrected chi connectivity index (χ2v) is 11.9. The molecule has 6 rings (SSSR count). The van der Waals surface area contributed by atoms with Crippen LogP contribution in [-0.2, 0) is 25.6 Å². The summed E-state index contributed by atoms with van der Waals surface area (Å²) >= 11 is 0. The van der Waals surface area contributed by atoms with Crippen LogP contribution >= 0.6 is 0 Å². The van der Waals surface area contributed by atoms with Crippen molar-refractivity contribution in [3.8, 4) is 5.75 Å². The molecule has 4 heterocycles. The number of hydrogen-bond acceptors (Lipinski definition) is 8. The SMILES string of the molecule is Cc1cc(N=S(C)(=O)c2ccncc2)cc2ncnc(Cc3ccc(F)cc3O[C@@H]3CO[C@@H]4CCO[C@@H]43)c12. The summed E-state index contributed by atoms with van der Waals surface area (Å²) in [5.74, 6) is 0.0766. The van der Waals surface area contributed by atoms with Crippen molar-refractivity contribution in [2.75, 3.05) is 19.5 Å². The molecular weight excluding hydrogens is 507 g/mol. The van der Waals surface area contributed by atoms with Gasteiger partial charge in [-0.25, -0.2) is 18.6 Å². The Morgan fingerprint density at radius 2 is 1.97 bits per heavy atom. The first kappa shape index (κ1) is 24.8. The van der Waals surface area contributed by atoms with Crippen molar-refractivity contribution in [1.82, 2.24) is 15.0 Å². The standard InChI is InChI=1S/C28H27FN4O4S/c1-17-11-20(33-38(2,34)21-5-8-30-9-6-21)14-23-27(17)22(31-16-32-23)12-18-3-4-19(29)13-25(18)37-26-15-36-24-7-10-35-28(24)26/h3-6,8-9,11,13-14,16,24,26,28H,7,10,12,15H2,1-2H3/t24-,26-,28+,38?/m1/s1. The number of rotatable bonds is 6. The summed E-state index contributed by atoms with van der Waals surface area (Å²) in [5.41, 5.74) is 3.74. The zero-order valence-electron chi connectivity index (χ0n) is 21.0. The second-order valence-electron chi connectivity index (χ2n) is 9.63. The summed E-state index contributed by atoms with van der Waals surface area (Å²) in [5, 5.41) is 0.872. The number of halogens is 1. The lowest BCUT2D eigenvalue weighted by molar-refractivity contribution is 0.0304. The number of aryl methyl sites for hydroxylation is 1. The summed E-state index contributed by atoms with van der Waals surface area (Å²) in [6, 6.07) is 11.7. The van der Waals surface area contributed by atoms with Gasteiger partial charge >= 0.3 is 0 Å². The molecule has 2 aliphatic rings. The molecule has 0 bridgehead atoms. The lowest BCUT2D eigenvalue weighted by atomic mass is 10.0. The molecule has 4 aromatic rings. The van der Waals surface area contributed by atoms with E-state index < -0.39 is 9.73 Å². The van der Waals surface area contributed by atoms with Crippen LogP contribution in [0.2, 0.25) is 0 Å². The van der Waals surface area contributed by atoms with Crippen molar-refractivity contribution in [3.05, 3.63) is 83.8 Å². The predicted octanol–water partition coefficient (Wildman–Crippen LogP) is 4.79. The molecule has 2 aromatic heterocycles. The highest BCUT2D eigenvalue weighted by atomic mass is 32.2. The van der Waals surface area contributed by atoms with Crippen LogP contribution < -0.4 is 4.74 Å². The van der Waals surface area contributed by atoms with Gasteiger partial charge in [-0.3, -0.25) is 4.98 Å². The summed E-state index contributed by atoms with van der Waals surface area (Å²) in [6.45, 7) is 3.00. The molecule has 4 atom stereocenters. The average Bonchev–Trinajstić information content (AvgIpc) is 3.51. The van der Waals surface area contributed by atoms with E-state index in [4.69, 9.17) is 14.2 Å². The molecule has 2 fully saturated rings. The van der Waals surface area contributed by atoms with Gasteiger partial charge in [0.15, 0.2) is 6.10 Å². The highest BCUT2D eigenvalue weighted by Crippen LogP contribution is 2.34. The van der Waals surface area contributed by atoms with Gasteiger partial charge in [-0.15, -0.1) is 0 Å². The van der Waals surface area contributed by atoms with Crippen molar-refractivity contribution in [2.45, 2.75) is 43.0 Å². The van der Waals surface area contributed by atoms with E-state index in [0.717, 1.165) is 28.6 Å². The predicted molar refractivity (Wildman–Crippen MR) is 141 cm³/mol. The topological polar surface area (TPSA) is 95.8 Å². The number of hydrogen-bond donors (Lipinski definition) is 0. The van der Waals surface area contributed by atoms with E-state index in [0.29, 0.717) is 41.5 Å². The number of pyridine rings is 1. The van der Waals surface area contributed by atoms with Crippen LogP contribution in [0.3, 0.4) is 0 Å². The minimum atomic E-state index is -2.67. The monoisotopic (exact) mass is 534 g/mol. The number of fused-ring (bicyclic) bond motifs is 2. The van der Waals surface area contributed by atoms with E-state index in [9.17, 15) is 8.60 Å². The lowest BCUT2D eigenvalue weighted by Crippen LogP contribution is -2.32. The highest BCUT2D eigenvalue weighted by Gasteiger charge is 2.43. The van der Waals surface area contributed by atoms with E-state index in [2.05, 4.69) is 19.3 Å². The van der Waals surface area contributed by atoms with Crippen LogP contribution in [0.15, 0.2) is 70.4 Å². The number of benzene rings is 2. The van der Waals surface area contributed by atoms with Gasteiger partial charge in [-0.2, -0.15) is 4.36 Å². The van der Waals surface area contributed by atoms with E-state index in [-0.39, 0.29) is 24.1 Å². The summed E-state index contributed by atoms with van der Waals surface area (Å²) in [6.07, 6.45) is 7.16. The fourth-order valence-corrected chi connectivity index (χ4v) is 6.38. The highest BCUT2D eigenvalue weighted by molar-refractivity contribution is 7.93. The zero-order valence-corrected chi connectivity index (χ0v) is 21.9. The normalized spacial score (nSPS) is 22.2. The van der Waals surface area contributed by atoms with E-state index in [1.807, 2.05) is 19.1 Å². The Bertz CT molecular complexity index is 1620. The Balaban J connectivity index is 1.33. The molecular formula is C28H27FN4O4S. The molecule has 2 saturated heterocycles. The molecule has 2 aromatic carbocycles. The van der Waals surface area contributed by atoms with Gasteiger partial charge in [0, 0.05) is 48.7 Å². The third kappa shape index (κ3) is 4.87. The molecule has 2 aliphatic heterocycles. The minimum absolute atomic E-state index is 0.0291. The van der Waals surface area contributed by atoms with Crippen molar-refractivity contribution in [1.29, 1.82) is 0 Å². The van der Waals surface area contributed by atoms with Crippen LogP contribution in [0.4, 0.5) is 10.1 Å². The first-order valence-electron chi connectivity index (χ1n) is 12.4.